The fourth-order valence-corrected chi connectivity index (χ4v) is 1.69. The number of phenolic OH excluding ortho intramolecular Hbond substituents is 1. The SMILES string of the molecule is Cc1ncccc1C(=O)Nc1ccc(Cl)cc1O. The molecule has 2 N–H and O–H groups in total. The smallest absolute Gasteiger partial charge is 0.257 e. The first-order valence-electron chi connectivity index (χ1n) is 5.29. The maximum absolute atomic E-state index is 12.0. The summed E-state index contributed by atoms with van der Waals surface area (Å²) in [7, 11) is 0. The van der Waals surface area contributed by atoms with Crippen molar-refractivity contribution < 1.29 is 9.90 Å². The number of hydrogen-bond acceptors (Lipinski definition) is 3. The van der Waals surface area contributed by atoms with E-state index in [9.17, 15) is 9.90 Å². The van der Waals surface area contributed by atoms with E-state index < -0.39 is 0 Å². The lowest BCUT2D eigenvalue weighted by atomic mass is 10.2. The number of carbonyl (C=O) groups excluding carboxylic acids is 1. The van der Waals surface area contributed by atoms with Crippen LogP contribution in [0.25, 0.3) is 0 Å². The van der Waals surface area contributed by atoms with E-state index >= 15 is 0 Å². The number of pyridine rings is 1. The van der Waals surface area contributed by atoms with Gasteiger partial charge in [0.05, 0.1) is 11.3 Å². The van der Waals surface area contributed by atoms with Crippen molar-refractivity contribution in [2.24, 2.45) is 0 Å². The Morgan fingerprint density at radius 1 is 1.39 bits per heavy atom. The zero-order chi connectivity index (χ0) is 13.1. The number of amides is 1. The lowest BCUT2D eigenvalue weighted by molar-refractivity contribution is 0.102. The molecule has 0 aliphatic carbocycles. The second-order valence-electron chi connectivity index (χ2n) is 3.75. The highest BCUT2D eigenvalue weighted by Crippen LogP contribution is 2.27. The standard InChI is InChI=1S/C13H11ClN2O2/c1-8-10(3-2-6-15-8)13(18)16-11-5-4-9(14)7-12(11)17/h2-7,17H,1H3,(H,16,18). The van der Waals surface area contributed by atoms with Crippen LogP contribution in [0.15, 0.2) is 36.5 Å². The number of halogens is 1. The Labute approximate surface area is 109 Å². The quantitative estimate of drug-likeness (QED) is 0.818. The lowest BCUT2D eigenvalue weighted by Gasteiger charge is -2.08. The first-order chi connectivity index (χ1) is 8.58. The van der Waals surface area contributed by atoms with E-state index in [1.807, 2.05) is 0 Å². The molecule has 2 aromatic rings. The molecule has 0 unspecified atom stereocenters. The number of aryl methyl sites for hydroxylation is 1. The molecule has 0 saturated heterocycles. The van der Waals surface area contributed by atoms with Gasteiger partial charge in [-0.15, -0.1) is 0 Å². The van der Waals surface area contributed by atoms with Crippen molar-refractivity contribution in [2.45, 2.75) is 6.92 Å². The zero-order valence-electron chi connectivity index (χ0n) is 9.64. The van der Waals surface area contributed by atoms with E-state index in [-0.39, 0.29) is 11.7 Å². The van der Waals surface area contributed by atoms with E-state index in [1.165, 1.54) is 6.07 Å². The molecule has 0 aliphatic heterocycles. The number of benzene rings is 1. The summed E-state index contributed by atoms with van der Waals surface area (Å²) in [6.07, 6.45) is 1.62. The molecule has 0 bridgehead atoms. The molecule has 0 atom stereocenters. The summed E-state index contributed by atoms with van der Waals surface area (Å²) in [5, 5.41) is 12.7. The van der Waals surface area contributed by atoms with Crippen molar-refractivity contribution in [3.63, 3.8) is 0 Å². The lowest BCUT2D eigenvalue weighted by Crippen LogP contribution is -2.13. The molecule has 1 heterocycles. The Hall–Kier alpha value is -2.07. The topological polar surface area (TPSA) is 62.2 Å². The Morgan fingerprint density at radius 2 is 2.17 bits per heavy atom. The van der Waals surface area contributed by atoms with Crippen LogP contribution < -0.4 is 5.32 Å². The van der Waals surface area contributed by atoms with Gasteiger partial charge in [-0.25, -0.2) is 0 Å². The second kappa shape index (κ2) is 5.06. The van der Waals surface area contributed by atoms with Crippen LogP contribution in [0, 0.1) is 6.92 Å². The Bertz CT molecular complexity index is 599. The summed E-state index contributed by atoms with van der Waals surface area (Å²) in [5.41, 5.74) is 1.41. The van der Waals surface area contributed by atoms with Crippen molar-refractivity contribution >= 4 is 23.2 Å². The highest BCUT2D eigenvalue weighted by atomic mass is 35.5. The number of nitrogens with one attached hydrogen (secondary N) is 1. The number of carbonyl (C=O) groups is 1. The van der Waals surface area contributed by atoms with Gasteiger partial charge >= 0.3 is 0 Å². The minimum atomic E-state index is -0.321. The number of anilines is 1. The average Bonchev–Trinajstić information content (AvgIpc) is 2.33. The minimum absolute atomic E-state index is 0.0719. The molecule has 0 radical (unpaired) electrons. The fraction of sp³-hybridized carbons (Fsp3) is 0.0769. The van der Waals surface area contributed by atoms with Crippen LogP contribution in [0.5, 0.6) is 5.75 Å². The zero-order valence-corrected chi connectivity index (χ0v) is 10.4. The average molecular weight is 263 g/mol. The monoisotopic (exact) mass is 262 g/mol. The number of aromatic nitrogens is 1. The molecule has 1 aromatic carbocycles. The van der Waals surface area contributed by atoms with Gasteiger partial charge in [-0.05, 0) is 31.2 Å². The summed E-state index contributed by atoms with van der Waals surface area (Å²) in [4.78, 5) is 16.0. The first-order valence-corrected chi connectivity index (χ1v) is 5.67. The number of phenols is 1. The van der Waals surface area contributed by atoms with Crippen LogP contribution in [-0.2, 0) is 0 Å². The molecular formula is C13H11ClN2O2. The van der Waals surface area contributed by atoms with E-state index in [2.05, 4.69) is 10.3 Å². The normalized spacial score (nSPS) is 10.1. The van der Waals surface area contributed by atoms with Crippen molar-refractivity contribution in [3.05, 3.63) is 52.8 Å². The van der Waals surface area contributed by atoms with Crippen molar-refractivity contribution in [1.82, 2.24) is 4.98 Å². The molecule has 0 spiro atoms. The van der Waals surface area contributed by atoms with Crippen LogP contribution >= 0.6 is 11.6 Å². The van der Waals surface area contributed by atoms with Gasteiger partial charge in [0.25, 0.3) is 5.91 Å². The second-order valence-corrected chi connectivity index (χ2v) is 4.19. The van der Waals surface area contributed by atoms with Gasteiger partial charge in [-0.2, -0.15) is 0 Å². The Balaban J connectivity index is 2.24. The summed E-state index contributed by atoms with van der Waals surface area (Å²) >= 11 is 5.71. The van der Waals surface area contributed by atoms with E-state index in [0.29, 0.717) is 22.0 Å². The van der Waals surface area contributed by atoms with E-state index in [0.717, 1.165) is 0 Å². The Kier molecular flexibility index (Phi) is 3.48. The molecule has 1 aromatic heterocycles. The van der Waals surface area contributed by atoms with Gasteiger partial charge in [0.15, 0.2) is 0 Å². The maximum atomic E-state index is 12.0. The number of nitrogens with zero attached hydrogens (tertiary/aromatic N) is 1. The van der Waals surface area contributed by atoms with Gasteiger partial charge in [0, 0.05) is 23.0 Å². The number of rotatable bonds is 2. The summed E-state index contributed by atoms with van der Waals surface area (Å²) in [6.45, 7) is 1.75. The summed E-state index contributed by atoms with van der Waals surface area (Å²) in [5.74, 6) is -0.393. The minimum Gasteiger partial charge on any atom is -0.506 e. The third-order valence-corrected chi connectivity index (χ3v) is 2.69. The predicted molar refractivity (Wildman–Crippen MR) is 70.0 cm³/mol. The molecule has 92 valence electrons. The first kappa shape index (κ1) is 12.4. The summed E-state index contributed by atoms with van der Waals surface area (Å²) < 4.78 is 0. The highest BCUT2D eigenvalue weighted by molar-refractivity contribution is 6.30. The van der Waals surface area contributed by atoms with Crippen LogP contribution in [0.3, 0.4) is 0 Å². The molecule has 4 nitrogen and oxygen atoms in total. The molecule has 1 amide bonds. The van der Waals surface area contributed by atoms with Crippen molar-refractivity contribution in [3.8, 4) is 5.75 Å². The summed E-state index contributed by atoms with van der Waals surface area (Å²) in [6, 6.07) is 7.86. The predicted octanol–water partition coefficient (Wildman–Crippen LogP) is 3.00. The third kappa shape index (κ3) is 2.60. The number of hydrogen-bond donors (Lipinski definition) is 2. The fourth-order valence-electron chi connectivity index (χ4n) is 1.52. The molecule has 5 heteroatoms. The maximum Gasteiger partial charge on any atom is 0.257 e. The van der Waals surface area contributed by atoms with Gasteiger partial charge in [-0.1, -0.05) is 11.6 Å². The van der Waals surface area contributed by atoms with E-state index in [1.54, 1.807) is 37.4 Å². The van der Waals surface area contributed by atoms with Crippen LogP contribution in [0.2, 0.25) is 5.02 Å². The molecule has 2 rings (SSSR count). The van der Waals surface area contributed by atoms with Crippen LogP contribution in [0.4, 0.5) is 5.69 Å². The third-order valence-electron chi connectivity index (χ3n) is 2.46. The van der Waals surface area contributed by atoms with Gasteiger partial charge in [0.2, 0.25) is 0 Å². The molecule has 0 fully saturated rings. The molecule has 18 heavy (non-hydrogen) atoms. The van der Waals surface area contributed by atoms with Crippen molar-refractivity contribution in [2.75, 3.05) is 5.32 Å². The van der Waals surface area contributed by atoms with Gasteiger partial charge in [-0.3, -0.25) is 9.78 Å². The van der Waals surface area contributed by atoms with Crippen LogP contribution in [0.1, 0.15) is 16.1 Å². The van der Waals surface area contributed by atoms with Crippen LogP contribution in [-0.4, -0.2) is 16.0 Å². The molecule has 0 aliphatic rings. The highest BCUT2D eigenvalue weighted by Gasteiger charge is 2.11. The largest absolute Gasteiger partial charge is 0.506 e. The van der Waals surface area contributed by atoms with Crippen molar-refractivity contribution in [1.29, 1.82) is 0 Å². The Morgan fingerprint density at radius 3 is 2.83 bits per heavy atom. The van der Waals surface area contributed by atoms with E-state index in [4.69, 9.17) is 11.6 Å². The number of aromatic hydroxyl groups is 1. The molecular weight excluding hydrogens is 252 g/mol. The van der Waals surface area contributed by atoms with Gasteiger partial charge < -0.3 is 10.4 Å². The van der Waals surface area contributed by atoms with Gasteiger partial charge in [0.1, 0.15) is 5.75 Å². The molecule has 0 saturated carbocycles.